The second-order valence-corrected chi connectivity index (χ2v) is 4.07. The summed E-state index contributed by atoms with van der Waals surface area (Å²) < 4.78 is 4.93. The number of nitrogens with one attached hydrogen (secondary N) is 1. The van der Waals surface area contributed by atoms with E-state index in [9.17, 15) is 4.79 Å². The van der Waals surface area contributed by atoms with Crippen LogP contribution in [0.15, 0.2) is 0 Å². The van der Waals surface area contributed by atoms with Crippen LogP contribution in [0.4, 0.5) is 4.79 Å². The van der Waals surface area contributed by atoms with Crippen molar-refractivity contribution in [3.8, 4) is 0 Å². The Morgan fingerprint density at radius 3 is 2.43 bits per heavy atom. The van der Waals surface area contributed by atoms with Crippen LogP contribution in [-0.2, 0) is 4.74 Å². The number of alkyl carbamates (subject to hydrolysis) is 1. The number of amides is 1. The summed E-state index contributed by atoms with van der Waals surface area (Å²) in [4.78, 5) is 11.5. The van der Waals surface area contributed by atoms with Crippen LogP contribution in [-0.4, -0.2) is 22.7 Å². The van der Waals surface area contributed by atoms with Gasteiger partial charge >= 0.3 is 6.09 Å². The molecule has 0 aromatic rings. The van der Waals surface area contributed by atoms with Gasteiger partial charge in [0.05, 0.1) is 16.6 Å². The maximum Gasteiger partial charge on any atom is 0.408 e. The first kappa shape index (κ1) is 13.2. The zero-order valence-electron chi connectivity index (χ0n) is 9.09. The third-order valence-corrected chi connectivity index (χ3v) is 2.42. The van der Waals surface area contributed by atoms with Gasteiger partial charge in [-0.2, -0.15) is 0 Å². The minimum Gasteiger partial charge on any atom is -0.447 e. The molecular formula is C9H18N2O2S. The van der Waals surface area contributed by atoms with Gasteiger partial charge in [-0.15, -0.1) is 0 Å². The molecule has 0 saturated heterocycles. The standard InChI is InChI=1S/C9H18N2O2S/c1-5-9(4,7(10)14)11-8(12)13-6(2)3/h6H,5H2,1-4H3,(H2,10,14)(H,11,12). The molecule has 82 valence electrons. The molecule has 0 aromatic heterocycles. The molecule has 0 heterocycles. The molecule has 1 atom stereocenters. The zero-order valence-corrected chi connectivity index (χ0v) is 9.90. The van der Waals surface area contributed by atoms with Crippen LogP contribution < -0.4 is 11.1 Å². The van der Waals surface area contributed by atoms with Crippen LogP contribution in [0.3, 0.4) is 0 Å². The molecule has 0 aliphatic rings. The van der Waals surface area contributed by atoms with E-state index in [1.54, 1.807) is 20.8 Å². The second-order valence-electron chi connectivity index (χ2n) is 3.63. The first-order chi connectivity index (χ1) is 6.31. The normalized spacial score (nSPS) is 14.6. The Hall–Kier alpha value is -0.840. The van der Waals surface area contributed by atoms with E-state index in [0.717, 1.165) is 0 Å². The van der Waals surface area contributed by atoms with Crippen molar-refractivity contribution in [2.24, 2.45) is 5.73 Å². The first-order valence-electron chi connectivity index (χ1n) is 4.60. The lowest BCUT2D eigenvalue weighted by Gasteiger charge is -2.28. The van der Waals surface area contributed by atoms with E-state index < -0.39 is 11.6 Å². The number of hydrogen-bond donors (Lipinski definition) is 2. The van der Waals surface area contributed by atoms with Crippen LogP contribution in [0.5, 0.6) is 0 Å². The highest BCUT2D eigenvalue weighted by atomic mass is 32.1. The molecule has 1 amide bonds. The Balaban J connectivity index is 4.32. The molecule has 5 heteroatoms. The van der Waals surface area contributed by atoms with E-state index in [1.165, 1.54) is 0 Å². The molecule has 0 rings (SSSR count). The molecule has 0 bridgehead atoms. The van der Waals surface area contributed by atoms with E-state index in [1.807, 2.05) is 6.92 Å². The maximum atomic E-state index is 11.3. The molecule has 14 heavy (non-hydrogen) atoms. The van der Waals surface area contributed by atoms with E-state index in [2.05, 4.69) is 5.32 Å². The van der Waals surface area contributed by atoms with Gasteiger partial charge < -0.3 is 15.8 Å². The summed E-state index contributed by atoms with van der Waals surface area (Å²) in [6.07, 6.45) is -0.00480. The Labute approximate surface area is 90.2 Å². The van der Waals surface area contributed by atoms with Crippen LogP contribution >= 0.6 is 12.2 Å². The zero-order chi connectivity index (χ0) is 11.4. The number of ether oxygens (including phenoxy) is 1. The third kappa shape index (κ3) is 3.91. The van der Waals surface area contributed by atoms with Crippen LogP contribution in [0.25, 0.3) is 0 Å². The molecule has 3 N–H and O–H groups in total. The molecule has 0 radical (unpaired) electrons. The van der Waals surface area contributed by atoms with Crippen LogP contribution in [0, 0.1) is 0 Å². The lowest BCUT2D eigenvalue weighted by atomic mass is 10.00. The van der Waals surface area contributed by atoms with E-state index >= 15 is 0 Å². The molecule has 0 fully saturated rings. The molecule has 1 unspecified atom stereocenters. The molecule has 0 spiro atoms. The minimum atomic E-state index is -0.665. The topological polar surface area (TPSA) is 64.3 Å². The van der Waals surface area contributed by atoms with Crippen LogP contribution in [0.2, 0.25) is 0 Å². The summed E-state index contributed by atoms with van der Waals surface area (Å²) in [5.41, 5.74) is 4.86. The second kappa shape index (κ2) is 5.14. The molecule has 0 saturated carbocycles. The maximum absolute atomic E-state index is 11.3. The fourth-order valence-corrected chi connectivity index (χ4v) is 0.988. The average molecular weight is 218 g/mol. The van der Waals surface area contributed by atoms with E-state index in [4.69, 9.17) is 22.7 Å². The number of rotatable bonds is 4. The van der Waals surface area contributed by atoms with Gasteiger partial charge in [-0.25, -0.2) is 4.79 Å². The summed E-state index contributed by atoms with van der Waals surface area (Å²) in [5.74, 6) is 0. The fraction of sp³-hybridized carbons (Fsp3) is 0.778. The highest BCUT2D eigenvalue weighted by molar-refractivity contribution is 7.80. The molecule has 0 aliphatic heterocycles. The molecule has 0 aromatic carbocycles. The Kier molecular flexibility index (Phi) is 4.83. The highest BCUT2D eigenvalue weighted by Crippen LogP contribution is 2.09. The Morgan fingerprint density at radius 2 is 2.14 bits per heavy atom. The van der Waals surface area contributed by atoms with Gasteiger partial charge in [-0.05, 0) is 27.2 Å². The summed E-state index contributed by atoms with van der Waals surface area (Å²) in [6.45, 7) is 7.24. The lowest BCUT2D eigenvalue weighted by Crippen LogP contribution is -2.54. The van der Waals surface area contributed by atoms with E-state index in [-0.39, 0.29) is 11.1 Å². The summed E-state index contributed by atoms with van der Waals surface area (Å²) in [7, 11) is 0. The molecule has 4 nitrogen and oxygen atoms in total. The van der Waals surface area contributed by atoms with Gasteiger partial charge in [0.2, 0.25) is 0 Å². The third-order valence-electron chi connectivity index (χ3n) is 1.97. The number of nitrogens with two attached hydrogens (primary N) is 1. The summed E-state index contributed by atoms with van der Waals surface area (Å²) >= 11 is 4.87. The smallest absolute Gasteiger partial charge is 0.408 e. The summed E-state index contributed by atoms with van der Waals surface area (Å²) in [6, 6.07) is 0. The molecular weight excluding hydrogens is 200 g/mol. The fourth-order valence-electron chi connectivity index (χ4n) is 0.793. The van der Waals surface area contributed by atoms with Crippen molar-refractivity contribution in [2.75, 3.05) is 0 Å². The van der Waals surface area contributed by atoms with Gasteiger partial charge in [-0.3, -0.25) is 0 Å². The predicted molar refractivity (Wildman–Crippen MR) is 60.2 cm³/mol. The first-order valence-corrected chi connectivity index (χ1v) is 5.01. The van der Waals surface area contributed by atoms with Gasteiger partial charge in [-0.1, -0.05) is 19.1 Å². The van der Waals surface area contributed by atoms with E-state index in [0.29, 0.717) is 6.42 Å². The highest BCUT2D eigenvalue weighted by Gasteiger charge is 2.28. The van der Waals surface area contributed by atoms with Gasteiger partial charge in [0, 0.05) is 0 Å². The van der Waals surface area contributed by atoms with Crippen molar-refractivity contribution in [3.05, 3.63) is 0 Å². The van der Waals surface area contributed by atoms with Crippen molar-refractivity contribution in [3.63, 3.8) is 0 Å². The largest absolute Gasteiger partial charge is 0.447 e. The van der Waals surface area contributed by atoms with Crippen molar-refractivity contribution < 1.29 is 9.53 Å². The average Bonchev–Trinajstić information content (AvgIpc) is 2.01. The Morgan fingerprint density at radius 1 is 1.64 bits per heavy atom. The van der Waals surface area contributed by atoms with Crippen molar-refractivity contribution in [1.82, 2.24) is 5.32 Å². The van der Waals surface area contributed by atoms with Gasteiger partial charge in [0.25, 0.3) is 0 Å². The minimum absolute atomic E-state index is 0.151. The monoisotopic (exact) mass is 218 g/mol. The predicted octanol–water partition coefficient (Wildman–Crippen LogP) is 1.58. The summed E-state index contributed by atoms with van der Waals surface area (Å²) in [5, 5.41) is 2.65. The lowest BCUT2D eigenvalue weighted by molar-refractivity contribution is 0.110. The van der Waals surface area contributed by atoms with Crippen molar-refractivity contribution >= 4 is 23.3 Å². The number of thiocarbonyl (C=S) groups is 1. The molecule has 0 aliphatic carbocycles. The van der Waals surface area contributed by atoms with Crippen LogP contribution in [0.1, 0.15) is 34.1 Å². The van der Waals surface area contributed by atoms with Crippen molar-refractivity contribution in [1.29, 1.82) is 0 Å². The SMILES string of the molecule is CCC(C)(NC(=O)OC(C)C)C(N)=S. The quantitative estimate of drug-likeness (QED) is 0.703. The Bertz CT molecular complexity index is 231. The van der Waals surface area contributed by atoms with Gasteiger partial charge in [0.15, 0.2) is 0 Å². The number of carbonyl (C=O) groups excluding carboxylic acids is 1. The number of hydrogen-bond acceptors (Lipinski definition) is 3. The van der Waals surface area contributed by atoms with Gasteiger partial charge in [0.1, 0.15) is 0 Å². The van der Waals surface area contributed by atoms with Crippen molar-refractivity contribution in [2.45, 2.75) is 45.8 Å². The number of carbonyl (C=O) groups is 1.